The molecule has 1 aromatic carbocycles. The van der Waals surface area contributed by atoms with Gasteiger partial charge < -0.3 is 9.84 Å². The normalized spacial score (nSPS) is 23.6. The average Bonchev–Trinajstić information content (AvgIpc) is 2.70. The summed E-state index contributed by atoms with van der Waals surface area (Å²) in [7, 11) is 0. The fourth-order valence-corrected chi connectivity index (χ4v) is 1.76. The van der Waals surface area contributed by atoms with Crippen LogP contribution in [0.3, 0.4) is 0 Å². The Kier molecular flexibility index (Phi) is 2.68. The minimum Gasteiger partial charge on any atom is -0.508 e. The van der Waals surface area contributed by atoms with E-state index in [-0.39, 0.29) is 11.7 Å². The fourth-order valence-electron chi connectivity index (χ4n) is 1.76. The Hall–Kier alpha value is -1.09. The van der Waals surface area contributed by atoms with E-state index in [1.807, 2.05) is 0 Å². The molecule has 2 atom stereocenters. The van der Waals surface area contributed by atoms with Gasteiger partial charge in [0.1, 0.15) is 11.9 Å². The average molecular weight is 196 g/mol. The molecule has 0 bridgehead atoms. The number of phenolic OH excluding ortho intramolecular Hbond substituents is 1. The Morgan fingerprint density at radius 1 is 1.43 bits per heavy atom. The predicted molar refractivity (Wildman–Crippen MR) is 50.9 cm³/mol. The SMILES string of the molecule is Oc1ccccc1C(F)C1CCOC1. The summed E-state index contributed by atoms with van der Waals surface area (Å²) in [5, 5.41) is 9.46. The van der Waals surface area contributed by atoms with Crippen LogP contribution in [-0.2, 0) is 4.74 Å². The second-order valence-corrected chi connectivity index (χ2v) is 3.58. The lowest BCUT2D eigenvalue weighted by atomic mass is 9.96. The van der Waals surface area contributed by atoms with E-state index in [9.17, 15) is 9.50 Å². The molecule has 0 radical (unpaired) electrons. The number of benzene rings is 1. The number of halogens is 1. The minimum atomic E-state index is -1.11. The van der Waals surface area contributed by atoms with Crippen molar-refractivity contribution in [2.24, 2.45) is 5.92 Å². The van der Waals surface area contributed by atoms with Gasteiger partial charge in [-0.25, -0.2) is 4.39 Å². The van der Waals surface area contributed by atoms with Crippen LogP contribution in [0, 0.1) is 5.92 Å². The maximum absolute atomic E-state index is 13.9. The standard InChI is InChI=1S/C11H13FO2/c12-11(8-5-6-14-7-8)9-3-1-2-4-10(9)13/h1-4,8,11,13H,5-7H2. The molecule has 14 heavy (non-hydrogen) atoms. The summed E-state index contributed by atoms with van der Waals surface area (Å²) >= 11 is 0. The molecule has 0 aliphatic carbocycles. The van der Waals surface area contributed by atoms with Crippen molar-refractivity contribution >= 4 is 0 Å². The van der Waals surface area contributed by atoms with E-state index >= 15 is 0 Å². The van der Waals surface area contributed by atoms with Crippen molar-refractivity contribution in [1.29, 1.82) is 0 Å². The summed E-state index contributed by atoms with van der Waals surface area (Å²) in [6.45, 7) is 1.08. The molecule has 1 aromatic rings. The molecule has 1 N–H and O–H groups in total. The molecule has 0 spiro atoms. The molecule has 1 aliphatic heterocycles. The van der Waals surface area contributed by atoms with Crippen molar-refractivity contribution < 1.29 is 14.2 Å². The lowest BCUT2D eigenvalue weighted by Gasteiger charge is -2.15. The maximum Gasteiger partial charge on any atom is 0.134 e. The second-order valence-electron chi connectivity index (χ2n) is 3.58. The molecule has 0 amide bonds. The zero-order valence-electron chi connectivity index (χ0n) is 7.82. The first-order chi connectivity index (χ1) is 6.79. The maximum atomic E-state index is 13.9. The molecule has 1 heterocycles. The zero-order valence-corrected chi connectivity index (χ0v) is 7.82. The van der Waals surface area contributed by atoms with Crippen molar-refractivity contribution in [3.8, 4) is 5.75 Å². The molecule has 3 heteroatoms. The van der Waals surface area contributed by atoms with Crippen LogP contribution in [0.2, 0.25) is 0 Å². The van der Waals surface area contributed by atoms with Crippen LogP contribution in [0.4, 0.5) is 4.39 Å². The monoisotopic (exact) mass is 196 g/mol. The Morgan fingerprint density at radius 3 is 2.86 bits per heavy atom. The van der Waals surface area contributed by atoms with Crippen LogP contribution in [0.1, 0.15) is 18.2 Å². The molecule has 0 saturated carbocycles. The van der Waals surface area contributed by atoms with Crippen LogP contribution >= 0.6 is 0 Å². The number of para-hydroxylation sites is 1. The summed E-state index contributed by atoms with van der Waals surface area (Å²) in [6.07, 6.45) is -0.381. The van der Waals surface area contributed by atoms with Crippen LogP contribution in [0.5, 0.6) is 5.75 Å². The molecule has 2 unspecified atom stereocenters. The highest BCUT2D eigenvalue weighted by atomic mass is 19.1. The van der Waals surface area contributed by atoms with E-state index in [2.05, 4.69) is 0 Å². The fraction of sp³-hybridized carbons (Fsp3) is 0.455. The van der Waals surface area contributed by atoms with E-state index in [0.717, 1.165) is 6.42 Å². The zero-order chi connectivity index (χ0) is 9.97. The highest BCUT2D eigenvalue weighted by Gasteiger charge is 2.28. The molecule has 1 saturated heterocycles. The molecule has 0 aromatic heterocycles. The van der Waals surface area contributed by atoms with Crippen LogP contribution in [0.25, 0.3) is 0 Å². The van der Waals surface area contributed by atoms with Crippen molar-refractivity contribution in [2.45, 2.75) is 12.6 Å². The Bertz CT molecular complexity index is 308. The minimum absolute atomic E-state index is 0.0342. The van der Waals surface area contributed by atoms with E-state index in [1.54, 1.807) is 18.2 Å². The predicted octanol–water partition coefficient (Wildman–Crippen LogP) is 2.44. The van der Waals surface area contributed by atoms with Crippen molar-refractivity contribution in [3.63, 3.8) is 0 Å². The van der Waals surface area contributed by atoms with Gasteiger partial charge in [-0.15, -0.1) is 0 Å². The lowest BCUT2D eigenvalue weighted by Crippen LogP contribution is -2.08. The lowest BCUT2D eigenvalue weighted by molar-refractivity contribution is 0.154. The summed E-state index contributed by atoms with van der Waals surface area (Å²) in [4.78, 5) is 0. The third kappa shape index (κ3) is 1.73. The second kappa shape index (κ2) is 3.96. The van der Waals surface area contributed by atoms with Crippen molar-refractivity contribution in [3.05, 3.63) is 29.8 Å². The molecule has 1 fully saturated rings. The van der Waals surface area contributed by atoms with Crippen LogP contribution < -0.4 is 0 Å². The number of ether oxygens (including phenoxy) is 1. The Balaban J connectivity index is 2.17. The number of phenols is 1. The van der Waals surface area contributed by atoms with Gasteiger partial charge in [0.05, 0.1) is 6.61 Å². The van der Waals surface area contributed by atoms with E-state index in [4.69, 9.17) is 4.74 Å². The Morgan fingerprint density at radius 2 is 2.21 bits per heavy atom. The van der Waals surface area contributed by atoms with Gasteiger partial charge in [0.2, 0.25) is 0 Å². The van der Waals surface area contributed by atoms with Crippen LogP contribution in [-0.4, -0.2) is 18.3 Å². The highest BCUT2D eigenvalue weighted by Crippen LogP contribution is 2.36. The van der Waals surface area contributed by atoms with Gasteiger partial charge in [0, 0.05) is 18.1 Å². The third-order valence-electron chi connectivity index (χ3n) is 2.61. The van der Waals surface area contributed by atoms with E-state index in [0.29, 0.717) is 18.8 Å². The highest BCUT2D eigenvalue weighted by molar-refractivity contribution is 5.34. The molecule has 76 valence electrons. The smallest absolute Gasteiger partial charge is 0.134 e. The van der Waals surface area contributed by atoms with Gasteiger partial charge in [0.25, 0.3) is 0 Å². The van der Waals surface area contributed by atoms with Gasteiger partial charge in [0.15, 0.2) is 0 Å². The van der Waals surface area contributed by atoms with E-state index < -0.39 is 6.17 Å². The molecule has 2 rings (SSSR count). The van der Waals surface area contributed by atoms with Crippen molar-refractivity contribution in [1.82, 2.24) is 0 Å². The topological polar surface area (TPSA) is 29.5 Å². The first kappa shape index (κ1) is 9.46. The van der Waals surface area contributed by atoms with Crippen molar-refractivity contribution in [2.75, 3.05) is 13.2 Å². The van der Waals surface area contributed by atoms with Crippen LogP contribution in [0.15, 0.2) is 24.3 Å². The molecular formula is C11H13FO2. The van der Waals surface area contributed by atoms with E-state index in [1.165, 1.54) is 6.07 Å². The first-order valence-corrected chi connectivity index (χ1v) is 4.79. The van der Waals surface area contributed by atoms with Gasteiger partial charge >= 0.3 is 0 Å². The summed E-state index contributed by atoms with van der Waals surface area (Å²) in [5.41, 5.74) is 0.378. The molecule has 2 nitrogen and oxygen atoms in total. The number of aromatic hydroxyl groups is 1. The number of hydrogen-bond acceptors (Lipinski definition) is 2. The van der Waals surface area contributed by atoms with Gasteiger partial charge in [-0.2, -0.15) is 0 Å². The summed E-state index contributed by atoms with van der Waals surface area (Å²) in [5.74, 6) is -0.0739. The molecular weight excluding hydrogens is 183 g/mol. The largest absolute Gasteiger partial charge is 0.508 e. The quantitative estimate of drug-likeness (QED) is 0.787. The molecule has 1 aliphatic rings. The summed E-state index contributed by atoms with van der Waals surface area (Å²) in [6, 6.07) is 6.56. The van der Waals surface area contributed by atoms with Gasteiger partial charge in [-0.05, 0) is 12.5 Å². The first-order valence-electron chi connectivity index (χ1n) is 4.79. The number of hydrogen-bond donors (Lipinski definition) is 1. The van der Waals surface area contributed by atoms with Gasteiger partial charge in [-0.1, -0.05) is 18.2 Å². The summed E-state index contributed by atoms with van der Waals surface area (Å²) < 4.78 is 19.0. The Labute approximate surface area is 82.3 Å². The number of alkyl halides is 1. The number of rotatable bonds is 2. The van der Waals surface area contributed by atoms with Gasteiger partial charge in [-0.3, -0.25) is 0 Å². The third-order valence-corrected chi connectivity index (χ3v) is 2.61.